The number of carbonyl (C=O) groups excluding carboxylic acids is 1. The maximum absolute atomic E-state index is 13.2. The van der Waals surface area contributed by atoms with Crippen molar-refractivity contribution >= 4 is 17.5 Å². The third kappa shape index (κ3) is 3.49. The Balaban J connectivity index is 1.47. The van der Waals surface area contributed by atoms with Gasteiger partial charge in [0.05, 0.1) is 22.8 Å². The Hall–Kier alpha value is -2.81. The highest BCUT2D eigenvalue weighted by molar-refractivity contribution is 6.33. The molecule has 0 radical (unpaired) electrons. The van der Waals surface area contributed by atoms with Crippen molar-refractivity contribution < 1.29 is 13.7 Å². The molecule has 1 amide bonds. The summed E-state index contributed by atoms with van der Waals surface area (Å²) in [5.74, 6) is 0.376. The highest BCUT2D eigenvalue weighted by Gasteiger charge is 2.30. The van der Waals surface area contributed by atoms with Gasteiger partial charge in [0.25, 0.3) is 11.8 Å². The van der Waals surface area contributed by atoms with Crippen molar-refractivity contribution in [2.75, 3.05) is 13.1 Å². The number of hydrogen-bond acceptors (Lipinski definition) is 6. The molecule has 2 aromatic heterocycles. The first-order valence-corrected chi connectivity index (χ1v) is 9.30. The largest absolute Gasteiger partial charge is 0.336 e. The van der Waals surface area contributed by atoms with Gasteiger partial charge in [-0.3, -0.25) is 4.79 Å². The SMILES string of the molecule is CC(C)c1noc(-c2cn([C@H]3CCN(C(=O)c4ccc(F)cc4Cl)C3)nn2)n1. The standard InChI is InChI=1S/C18H18ClFN6O2/c1-10(2)16-21-17(28-23-16)15-9-26(24-22-15)12-5-6-25(8-12)18(27)13-4-3-11(20)7-14(13)19/h3-4,7,9-10,12H,5-6,8H2,1-2H3/t12-/m0/s1. The zero-order valence-corrected chi connectivity index (χ0v) is 16.1. The van der Waals surface area contributed by atoms with Gasteiger partial charge in [-0.05, 0) is 24.6 Å². The van der Waals surface area contributed by atoms with E-state index >= 15 is 0 Å². The Morgan fingerprint density at radius 3 is 2.93 bits per heavy atom. The smallest absolute Gasteiger partial charge is 0.280 e. The average molecular weight is 405 g/mol. The Bertz CT molecular complexity index is 1020. The van der Waals surface area contributed by atoms with Crippen LogP contribution in [-0.2, 0) is 0 Å². The van der Waals surface area contributed by atoms with Crippen molar-refractivity contribution in [1.82, 2.24) is 30.0 Å². The van der Waals surface area contributed by atoms with E-state index in [1.165, 1.54) is 12.1 Å². The van der Waals surface area contributed by atoms with Crippen LogP contribution in [0.15, 0.2) is 28.9 Å². The van der Waals surface area contributed by atoms with Crippen molar-refractivity contribution in [3.05, 3.63) is 46.6 Å². The third-order valence-electron chi connectivity index (χ3n) is 4.67. The molecule has 10 heteroatoms. The van der Waals surface area contributed by atoms with Gasteiger partial charge < -0.3 is 9.42 Å². The molecular formula is C18H18ClFN6O2. The second-order valence-corrected chi connectivity index (χ2v) is 7.42. The van der Waals surface area contributed by atoms with E-state index in [0.717, 1.165) is 6.07 Å². The number of likely N-dealkylation sites (tertiary alicyclic amines) is 1. The number of amides is 1. The van der Waals surface area contributed by atoms with E-state index in [1.54, 1.807) is 15.8 Å². The number of aromatic nitrogens is 5. The van der Waals surface area contributed by atoms with Crippen LogP contribution in [0.1, 0.15) is 48.4 Å². The number of nitrogens with zero attached hydrogens (tertiary/aromatic N) is 6. The quantitative estimate of drug-likeness (QED) is 0.662. The normalized spacial score (nSPS) is 16.9. The molecule has 0 aliphatic carbocycles. The molecule has 28 heavy (non-hydrogen) atoms. The molecule has 0 N–H and O–H groups in total. The first-order valence-electron chi connectivity index (χ1n) is 8.92. The molecule has 1 atom stereocenters. The van der Waals surface area contributed by atoms with Gasteiger partial charge in [-0.25, -0.2) is 9.07 Å². The summed E-state index contributed by atoms with van der Waals surface area (Å²) in [7, 11) is 0. The van der Waals surface area contributed by atoms with Gasteiger partial charge in [-0.15, -0.1) is 5.10 Å². The van der Waals surface area contributed by atoms with Crippen molar-refractivity contribution in [2.45, 2.75) is 32.2 Å². The fourth-order valence-corrected chi connectivity index (χ4v) is 3.35. The molecule has 1 saturated heterocycles. The third-order valence-corrected chi connectivity index (χ3v) is 4.99. The van der Waals surface area contributed by atoms with Crippen LogP contribution in [0.2, 0.25) is 5.02 Å². The average Bonchev–Trinajstić information content (AvgIpc) is 3.39. The lowest BCUT2D eigenvalue weighted by Gasteiger charge is -2.17. The Kier molecular flexibility index (Phi) is 4.84. The van der Waals surface area contributed by atoms with Crippen LogP contribution < -0.4 is 0 Å². The van der Waals surface area contributed by atoms with E-state index in [2.05, 4.69) is 20.5 Å². The summed E-state index contributed by atoms with van der Waals surface area (Å²) in [4.78, 5) is 18.7. The van der Waals surface area contributed by atoms with Crippen LogP contribution in [-0.4, -0.2) is 49.0 Å². The van der Waals surface area contributed by atoms with E-state index in [4.69, 9.17) is 16.1 Å². The molecule has 0 bridgehead atoms. The molecule has 0 saturated carbocycles. The lowest BCUT2D eigenvalue weighted by atomic mass is 10.2. The molecule has 8 nitrogen and oxygen atoms in total. The zero-order chi connectivity index (χ0) is 19.8. The molecule has 4 rings (SSSR count). The van der Waals surface area contributed by atoms with Crippen molar-refractivity contribution in [2.24, 2.45) is 0 Å². The Morgan fingerprint density at radius 2 is 2.21 bits per heavy atom. The van der Waals surface area contributed by atoms with Gasteiger partial charge in [0.15, 0.2) is 11.5 Å². The number of halogens is 2. The van der Waals surface area contributed by atoms with Gasteiger partial charge in [-0.1, -0.05) is 35.8 Å². The number of carbonyl (C=O) groups is 1. The molecular weight excluding hydrogens is 387 g/mol. The van der Waals surface area contributed by atoms with Gasteiger partial charge in [0.2, 0.25) is 0 Å². The summed E-state index contributed by atoms with van der Waals surface area (Å²) in [5.41, 5.74) is 0.779. The first-order chi connectivity index (χ1) is 13.4. The highest BCUT2D eigenvalue weighted by Crippen LogP contribution is 2.27. The van der Waals surface area contributed by atoms with Gasteiger partial charge in [0, 0.05) is 19.0 Å². The molecule has 0 unspecified atom stereocenters. The Morgan fingerprint density at radius 1 is 1.39 bits per heavy atom. The van der Waals surface area contributed by atoms with Crippen LogP contribution >= 0.6 is 11.6 Å². The number of benzene rings is 1. The highest BCUT2D eigenvalue weighted by atomic mass is 35.5. The molecule has 1 aliphatic rings. The molecule has 1 fully saturated rings. The van der Waals surface area contributed by atoms with E-state index in [-0.39, 0.29) is 28.5 Å². The molecule has 3 aromatic rings. The van der Waals surface area contributed by atoms with Crippen molar-refractivity contribution in [3.8, 4) is 11.6 Å². The predicted octanol–water partition coefficient (Wildman–Crippen LogP) is 3.33. The maximum Gasteiger partial charge on any atom is 0.280 e. The van der Waals surface area contributed by atoms with Crippen molar-refractivity contribution in [1.29, 1.82) is 0 Å². The van der Waals surface area contributed by atoms with Crippen LogP contribution in [0.5, 0.6) is 0 Å². The molecule has 1 aromatic carbocycles. The lowest BCUT2D eigenvalue weighted by Crippen LogP contribution is -2.29. The molecule has 3 heterocycles. The van der Waals surface area contributed by atoms with Crippen LogP contribution in [0.4, 0.5) is 4.39 Å². The fourth-order valence-electron chi connectivity index (χ4n) is 3.10. The summed E-state index contributed by atoms with van der Waals surface area (Å²) in [6, 6.07) is 3.74. The zero-order valence-electron chi connectivity index (χ0n) is 15.3. The summed E-state index contributed by atoms with van der Waals surface area (Å²) >= 11 is 6.01. The molecule has 0 spiro atoms. The second kappa shape index (κ2) is 7.31. The molecule has 1 aliphatic heterocycles. The van der Waals surface area contributed by atoms with E-state index in [0.29, 0.717) is 36.9 Å². The fraction of sp³-hybridized carbons (Fsp3) is 0.389. The van der Waals surface area contributed by atoms with Gasteiger partial charge in [0.1, 0.15) is 5.82 Å². The minimum atomic E-state index is -0.474. The minimum absolute atomic E-state index is 0.0306. The van der Waals surface area contributed by atoms with Crippen LogP contribution in [0.25, 0.3) is 11.6 Å². The van der Waals surface area contributed by atoms with E-state index in [9.17, 15) is 9.18 Å². The van der Waals surface area contributed by atoms with Gasteiger partial charge in [-0.2, -0.15) is 4.98 Å². The topological polar surface area (TPSA) is 89.9 Å². The van der Waals surface area contributed by atoms with Crippen molar-refractivity contribution in [3.63, 3.8) is 0 Å². The first kappa shape index (κ1) is 18.5. The summed E-state index contributed by atoms with van der Waals surface area (Å²) in [6.45, 7) is 4.95. The van der Waals surface area contributed by atoms with E-state index < -0.39 is 5.82 Å². The predicted molar refractivity (Wildman–Crippen MR) is 98.4 cm³/mol. The molecule has 146 valence electrons. The maximum atomic E-state index is 13.2. The Labute approximate surface area is 165 Å². The van der Waals surface area contributed by atoms with Crippen LogP contribution in [0, 0.1) is 5.82 Å². The number of rotatable bonds is 4. The second-order valence-electron chi connectivity index (χ2n) is 7.01. The van der Waals surface area contributed by atoms with E-state index in [1.807, 2.05) is 13.8 Å². The summed E-state index contributed by atoms with van der Waals surface area (Å²) in [6.07, 6.45) is 2.45. The monoisotopic (exact) mass is 404 g/mol. The summed E-state index contributed by atoms with van der Waals surface area (Å²) < 4.78 is 20.2. The van der Waals surface area contributed by atoms with Crippen LogP contribution in [0.3, 0.4) is 0 Å². The minimum Gasteiger partial charge on any atom is -0.336 e. The summed E-state index contributed by atoms with van der Waals surface area (Å²) in [5, 5.41) is 12.3. The van der Waals surface area contributed by atoms with Gasteiger partial charge >= 0.3 is 0 Å². The number of hydrogen-bond donors (Lipinski definition) is 0. The lowest BCUT2D eigenvalue weighted by molar-refractivity contribution is 0.0787.